The molecule has 2 aromatic rings. The number of carbonyl (C=O) groups is 1. The molecule has 24 heavy (non-hydrogen) atoms. The molecule has 1 unspecified atom stereocenters. The van der Waals surface area contributed by atoms with E-state index in [9.17, 15) is 4.79 Å². The minimum atomic E-state index is 0.230. The second-order valence-electron chi connectivity index (χ2n) is 6.71. The Kier molecular flexibility index (Phi) is 4.74. The topological polar surface area (TPSA) is 85.0 Å². The number of anilines is 1. The predicted octanol–water partition coefficient (Wildman–Crippen LogP) is 2.48. The van der Waals surface area contributed by atoms with Crippen molar-refractivity contribution in [2.24, 2.45) is 5.92 Å². The monoisotopic (exact) mass is 325 g/mol. The molecule has 3 rings (SSSR count). The lowest BCUT2D eigenvalue weighted by Gasteiger charge is -2.18. The van der Waals surface area contributed by atoms with Crippen LogP contribution in [0, 0.1) is 5.92 Å². The Morgan fingerprint density at radius 1 is 1.42 bits per heavy atom. The van der Waals surface area contributed by atoms with Gasteiger partial charge in [-0.05, 0) is 30.0 Å². The minimum absolute atomic E-state index is 0.230. The number of pyridine rings is 1. The number of aromatic nitrogens is 3. The average Bonchev–Trinajstić information content (AvgIpc) is 3.04. The molecule has 1 atom stereocenters. The van der Waals surface area contributed by atoms with Crippen molar-refractivity contribution >= 4 is 11.7 Å². The third kappa shape index (κ3) is 3.53. The van der Waals surface area contributed by atoms with E-state index in [1.54, 1.807) is 12.5 Å². The molecule has 2 aromatic heterocycles. The first-order valence-corrected chi connectivity index (χ1v) is 8.34. The van der Waals surface area contributed by atoms with Crippen LogP contribution >= 0.6 is 0 Å². The van der Waals surface area contributed by atoms with Crippen LogP contribution in [0.15, 0.2) is 30.9 Å². The number of nitrogens with zero attached hydrogens (tertiary/aromatic N) is 4. The SMILES string of the molecule is CC(C)CC(=O)N1CCC(c2ncncc2-c2ccnc(N)c2)C1. The third-order valence-electron chi connectivity index (χ3n) is 4.35. The molecule has 0 aliphatic carbocycles. The highest BCUT2D eigenvalue weighted by atomic mass is 16.2. The van der Waals surface area contributed by atoms with Gasteiger partial charge in [0.1, 0.15) is 12.1 Å². The quantitative estimate of drug-likeness (QED) is 0.933. The summed E-state index contributed by atoms with van der Waals surface area (Å²) in [4.78, 5) is 27.0. The summed E-state index contributed by atoms with van der Waals surface area (Å²) < 4.78 is 0. The van der Waals surface area contributed by atoms with E-state index in [2.05, 4.69) is 28.8 Å². The van der Waals surface area contributed by atoms with Crippen LogP contribution in [-0.4, -0.2) is 38.8 Å². The smallest absolute Gasteiger partial charge is 0.222 e. The fourth-order valence-corrected chi connectivity index (χ4v) is 3.19. The zero-order valence-electron chi connectivity index (χ0n) is 14.1. The van der Waals surface area contributed by atoms with Crippen molar-refractivity contribution in [3.8, 4) is 11.1 Å². The lowest BCUT2D eigenvalue weighted by molar-refractivity contribution is -0.130. The van der Waals surface area contributed by atoms with Gasteiger partial charge in [0.05, 0.1) is 5.69 Å². The van der Waals surface area contributed by atoms with Crippen LogP contribution in [-0.2, 0) is 4.79 Å². The van der Waals surface area contributed by atoms with Crippen molar-refractivity contribution in [3.05, 3.63) is 36.5 Å². The summed E-state index contributed by atoms with van der Waals surface area (Å²) in [5.41, 5.74) is 8.72. The van der Waals surface area contributed by atoms with Crippen molar-refractivity contribution in [1.29, 1.82) is 0 Å². The van der Waals surface area contributed by atoms with Gasteiger partial charge in [-0.25, -0.2) is 15.0 Å². The van der Waals surface area contributed by atoms with Crippen LogP contribution in [0.25, 0.3) is 11.1 Å². The zero-order chi connectivity index (χ0) is 17.1. The molecule has 0 saturated carbocycles. The summed E-state index contributed by atoms with van der Waals surface area (Å²) >= 11 is 0. The van der Waals surface area contributed by atoms with Crippen LogP contribution in [0.3, 0.4) is 0 Å². The van der Waals surface area contributed by atoms with Gasteiger partial charge in [-0.15, -0.1) is 0 Å². The van der Waals surface area contributed by atoms with E-state index in [1.807, 2.05) is 23.2 Å². The molecule has 0 aromatic carbocycles. The maximum Gasteiger partial charge on any atom is 0.222 e. The second-order valence-corrected chi connectivity index (χ2v) is 6.71. The highest BCUT2D eigenvalue weighted by Gasteiger charge is 2.30. The lowest BCUT2D eigenvalue weighted by atomic mass is 9.96. The van der Waals surface area contributed by atoms with E-state index in [-0.39, 0.29) is 11.8 Å². The van der Waals surface area contributed by atoms with Gasteiger partial charge in [0.15, 0.2) is 0 Å². The number of rotatable bonds is 4. The van der Waals surface area contributed by atoms with Gasteiger partial charge in [-0.3, -0.25) is 4.79 Å². The molecule has 1 amide bonds. The molecule has 1 aliphatic heterocycles. The minimum Gasteiger partial charge on any atom is -0.384 e. The van der Waals surface area contributed by atoms with Gasteiger partial charge in [0.2, 0.25) is 5.91 Å². The molecule has 6 heteroatoms. The number of hydrogen-bond acceptors (Lipinski definition) is 5. The van der Waals surface area contributed by atoms with Crippen molar-refractivity contribution in [2.75, 3.05) is 18.8 Å². The molecule has 1 fully saturated rings. The van der Waals surface area contributed by atoms with Gasteiger partial charge in [-0.1, -0.05) is 13.8 Å². The average molecular weight is 325 g/mol. The first kappa shape index (κ1) is 16.4. The number of likely N-dealkylation sites (tertiary alicyclic amines) is 1. The second kappa shape index (κ2) is 6.95. The first-order valence-electron chi connectivity index (χ1n) is 8.34. The van der Waals surface area contributed by atoms with E-state index >= 15 is 0 Å². The van der Waals surface area contributed by atoms with Crippen molar-refractivity contribution < 1.29 is 4.79 Å². The Morgan fingerprint density at radius 3 is 3.00 bits per heavy atom. The fourth-order valence-electron chi connectivity index (χ4n) is 3.19. The number of carbonyl (C=O) groups excluding carboxylic acids is 1. The van der Waals surface area contributed by atoms with Crippen LogP contribution in [0.4, 0.5) is 5.82 Å². The van der Waals surface area contributed by atoms with Gasteiger partial charge in [-0.2, -0.15) is 0 Å². The van der Waals surface area contributed by atoms with Crippen LogP contribution in [0.2, 0.25) is 0 Å². The molecular weight excluding hydrogens is 302 g/mol. The Bertz CT molecular complexity index is 731. The molecule has 126 valence electrons. The molecule has 0 bridgehead atoms. The van der Waals surface area contributed by atoms with E-state index in [0.717, 1.165) is 36.3 Å². The standard InChI is InChI=1S/C18H23N5O/c1-12(2)7-17(24)23-6-4-14(10-23)18-15(9-20-11-22-18)13-3-5-21-16(19)8-13/h3,5,8-9,11-12,14H,4,6-7,10H2,1-2H3,(H2,19,21). The van der Waals surface area contributed by atoms with Crippen molar-refractivity contribution in [1.82, 2.24) is 19.9 Å². The van der Waals surface area contributed by atoms with Gasteiger partial charge < -0.3 is 10.6 Å². The largest absolute Gasteiger partial charge is 0.384 e. The van der Waals surface area contributed by atoms with E-state index in [0.29, 0.717) is 18.2 Å². The molecule has 0 spiro atoms. The summed E-state index contributed by atoms with van der Waals surface area (Å²) in [6.07, 6.45) is 6.60. The number of nitrogen functional groups attached to an aromatic ring is 1. The fraction of sp³-hybridized carbons (Fsp3) is 0.444. The van der Waals surface area contributed by atoms with Crippen LogP contribution in [0.1, 0.15) is 38.3 Å². The Labute approximate surface area is 142 Å². The highest BCUT2D eigenvalue weighted by molar-refractivity contribution is 5.77. The molecule has 3 heterocycles. The van der Waals surface area contributed by atoms with Crippen LogP contribution < -0.4 is 5.73 Å². The first-order chi connectivity index (χ1) is 11.5. The normalized spacial score (nSPS) is 17.5. The van der Waals surface area contributed by atoms with E-state index in [4.69, 9.17) is 5.73 Å². The van der Waals surface area contributed by atoms with Gasteiger partial charge >= 0.3 is 0 Å². The summed E-state index contributed by atoms with van der Waals surface area (Å²) in [5, 5.41) is 0. The third-order valence-corrected chi connectivity index (χ3v) is 4.35. The van der Waals surface area contributed by atoms with Crippen molar-refractivity contribution in [3.63, 3.8) is 0 Å². The summed E-state index contributed by atoms with van der Waals surface area (Å²) in [7, 11) is 0. The zero-order valence-corrected chi connectivity index (χ0v) is 14.1. The molecule has 2 N–H and O–H groups in total. The summed E-state index contributed by atoms with van der Waals surface area (Å²) in [6.45, 7) is 5.65. The van der Waals surface area contributed by atoms with E-state index < -0.39 is 0 Å². The molecule has 1 aliphatic rings. The number of hydrogen-bond donors (Lipinski definition) is 1. The highest BCUT2D eigenvalue weighted by Crippen LogP contribution is 2.33. The maximum atomic E-state index is 12.3. The molecule has 1 saturated heterocycles. The van der Waals surface area contributed by atoms with Gasteiger partial charge in [0, 0.05) is 43.4 Å². The predicted molar refractivity (Wildman–Crippen MR) is 93.1 cm³/mol. The Hall–Kier alpha value is -2.50. The van der Waals surface area contributed by atoms with Gasteiger partial charge in [0.25, 0.3) is 0 Å². The lowest BCUT2D eigenvalue weighted by Crippen LogP contribution is -2.29. The summed E-state index contributed by atoms with van der Waals surface area (Å²) in [6, 6.07) is 3.74. The number of nitrogens with two attached hydrogens (primary N) is 1. The number of amides is 1. The Balaban J connectivity index is 1.83. The molecular formula is C18H23N5O. The maximum absolute atomic E-state index is 12.3. The Morgan fingerprint density at radius 2 is 2.25 bits per heavy atom. The van der Waals surface area contributed by atoms with Crippen LogP contribution in [0.5, 0.6) is 0 Å². The summed E-state index contributed by atoms with van der Waals surface area (Å²) in [5.74, 6) is 1.32. The van der Waals surface area contributed by atoms with Crippen molar-refractivity contribution in [2.45, 2.75) is 32.6 Å². The molecule has 0 radical (unpaired) electrons. The molecule has 6 nitrogen and oxygen atoms in total. The van der Waals surface area contributed by atoms with E-state index in [1.165, 1.54) is 0 Å².